The molecular weight excluding hydrogens is 294 g/mol. The minimum absolute atomic E-state index is 0.174. The van der Waals surface area contributed by atoms with Crippen molar-refractivity contribution in [3.05, 3.63) is 24.3 Å². The number of quaternary nitrogens is 1. The van der Waals surface area contributed by atoms with Crippen molar-refractivity contribution in [2.24, 2.45) is 0 Å². The summed E-state index contributed by atoms with van der Waals surface area (Å²) in [5, 5.41) is 8.90. The number of hydrogen-bond acceptors (Lipinski definition) is 3. The van der Waals surface area contributed by atoms with E-state index in [1.54, 1.807) is 6.08 Å². The molecule has 1 N–H and O–H groups in total. The maximum absolute atomic E-state index is 11.8. The van der Waals surface area contributed by atoms with Gasteiger partial charge in [-0.25, -0.2) is 4.79 Å². The van der Waals surface area contributed by atoms with Crippen molar-refractivity contribution in [2.75, 3.05) is 27.7 Å². The summed E-state index contributed by atoms with van der Waals surface area (Å²) in [7, 11) is 5.80. The first kappa shape index (κ1) is 21.4. The number of carbonyl (C=O) groups excluding carboxylic acids is 1. The van der Waals surface area contributed by atoms with Crippen LogP contribution in [0, 0.1) is 0 Å². The Hall–Kier alpha value is -1.62. The number of rotatable bonds is 12. The molecule has 0 radical (unpaired) electrons. The number of aliphatic carboxylic acids is 1. The number of unbranched alkanes of at least 4 members (excludes halogenated alkanes) is 3. The predicted molar refractivity (Wildman–Crippen MR) is 92.1 cm³/mol. The van der Waals surface area contributed by atoms with Crippen molar-refractivity contribution in [3.63, 3.8) is 0 Å². The fourth-order valence-electron chi connectivity index (χ4n) is 2.12. The van der Waals surface area contributed by atoms with Crippen LogP contribution in [0.5, 0.6) is 0 Å². The van der Waals surface area contributed by atoms with E-state index in [0.29, 0.717) is 17.4 Å². The monoisotopic (exact) mass is 326 g/mol. The Morgan fingerprint density at radius 3 is 2.39 bits per heavy atom. The Bertz CT molecular complexity index is 408. The number of esters is 1. The zero-order chi connectivity index (χ0) is 17.7. The molecule has 1 unspecified atom stereocenters. The summed E-state index contributed by atoms with van der Waals surface area (Å²) >= 11 is 0. The predicted octanol–water partition coefficient (Wildman–Crippen LogP) is 3.16. The van der Waals surface area contributed by atoms with E-state index in [9.17, 15) is 9.59 Å². The summed E-state index contributed by atoms with van der Waals surface area (Å²) in [5.74, 6) is -1.45. The molecule has 1 atom stereocenters. The second-order valence-electron chi connectivity index (χ2n) is 6.73. The van der Waals surface area contributed by atoms with Crippen molar-refractivity contribution in [1.82, 2.24) is 0 Å². The third kappa shape index (κ3) is 15.1. The fourth-order valence-corrected chi connectivity index (χ4v) is 2.12. The van der Waals surface area contributed by atoms with Crippen LogP contribution >= 0.6 is 0 Å². The largest absolute Gasteiger partial charge is 0.481 e. The maximum atomic E-state index is 11.8. The molecule has 0 saturated carbocycles. The molecule has 0 fully saturated rings. The first-order chi connectivity index (χ1) is 10.7. The van der Waals surface area contributed by atoms with Crippen molar-refractivity contribution in [3.8, 4) is 0 Å². The molecule has 0 aromatic heterocycles. The van der Waals surface area contributed by atoms with Gasteiger partial charge < -0.3 is 14.3 Å². The number of likely N-dealkylation sites (N-methyl/N-ethyl adjacent to an activating group) is 1. The summed E-state index contributed by atoms with van der Waals surface area (Å²) in [6.07, 6.45) is 11.9. The van der Waals surface area contributed by atoms with E-state index in [-0.39, 0.29) is 6.42 Å². The van der Waals surface area contributed by atoms with Crippen LogP contribution in [-0.4, -0.2) is 55.3 Å². The lowest BCUT2D eigenvalue weighted by Crippen LogP contribution is -2.43. The molecule has 5 nitrogen and oxygen atoms in total. The molecule has 0 rings (SSSR count). The van der Waals surface area contributed by atoms with Crippen molar-refractivity contribution >= 4 is 11.9 Å². The average Bonchev–Trinajstić information content (AvgIpc) is 2.39. The van der Waals surface area contributed by atoms with Crippen LogP contribution in [0.4, 0.5) is 0 Å². The molecule has 5 heteroatoms. The number of allylic oxidation sites excluding steroid dienone is 3. The summed E-state index contributed by atoms with van der Waals surface area (Å²) < 4.78 is 5.79. The van der Waals surface area contributed by atoms with Crippen molar-refractivity contribution in [1.29, 1.82) is 0 Å². The van der Waals surface area contributed by atoms with E-state index in [4.69, 9.17) is 9.84 Å². The minimum Gasteiger partial charge on any atom is -0.481 e. The van der Waals surface area contributed by atoms with Crippen LogP contribution in [0.15, 0.2) is 24.3 Å². The highest BCUT2D eigenvalue weighted by Crippen LogP contribution is 2.06. The van der Waals surface area contributed by atoms with Gasteiger partial charge in [-0.1, -0.05) is 38.0 Å². The molecule has 0 spiro atoms. The molecule has 0 saturated heterocycles. The Balaban J connectivity index is 4.20. The Labute approximate surface area is 140 Å². The smallest absolute Gasteiger partial charge is 0.330 e. The first-order valence-corrected chi connectivity index (χ1v) is 8.29. The molecule has 0 aliphatic heterocycles. The SMILES string of the molecule is CCCCC/C=C/C/C=C/C(=O)OC(CC(=O)O)C[N+](C)(C)C. The normalized spacial score (nSPS) is 13.6. The molecule has 0 aliphatic rings. The quantitative estimate of drug-likeness (QED) is 0.197. The topological polar surface area (TPSA) is 63.6 Å². The maximum Gasteiger partial charge on any atom is 0.330 e. The molecule has 0 heterocycles. The highest BCUT2D eigenvalue weighted by Gasteiger charge is 2.23. The van der Waals surface area contributed by atoms with Gasteiger partial charge in [-0.2, -0.15) is 0 Å². The number of carbonyl (C=O) groups is 2. The van der Waals surface area contributed by atoms with Crippen molar-refractivity contribution < 1.29 is 23.9 Å². The molecular formula is C18H32NO4+. The Morgan fingerprint density at radius 1 is 1.13 bits per heavy atom. The van der Waals surface area contributed by atoms with Crippen LogP contribution in [-0.2, 0) is 14.3 Å². The molecule has 132 valence electrons. The van der Waals surface area contributed by atoms with E-state index >= 15 is 0 Å². The summed E-state index contributed by atoms with van der Waals surface area (Å²) in [5.41, 5.74) is 0. The standard InChI is InChI=1S/C18H31NO4/c1-5-6-7-8-9-10-11-12-13-18(22)23-16(14-17(20)21)15-19(2,3)4/h9-10,12-13,16H,5-8,11,14-15H2,1-4H3/p+1/b10-9+,13-12+. The lowest BCUT2D eigenvalue weighted by molar-refractivity contribution is -0.873. The second kappa shape index (κ2) is 11.9. The van der Waals surface area contributed by atoms with E-state index in [0.717, 1.165) is 6.42 Å². The molecule has 0 aliphatic carbocycles. The van der Waals surface area contributed by atoms with Gasteiger partial charge in [0.25, 0.3) is 0 Å². The van der Waals surface area contributed by atoms with Gasteiger partial charge in [-0.3, -0.25) is 4.79 Å². The average molecular weight is 326 g/mol. The van der Waals surface area contributed by atoms with Crippen LogP contribution in [0.1, 0.15) is 45.4 Å². The zero-order valence-electron chi connectivity index (χ0n) is 15.0. The van der Waals surface area contributed by atoms with Gasteiger partial charge in [0.2, 0.25) is 0 Å². The molecule has 0 bridgehead atoms. The van der Waals surface area contributed by atoms with Gasteiger partial charge in [-0.15, -0.1) is 0 Å². The molecule has 23 heavy (non-hydrogen) atoms. The number of carboxylic acid groups (broad SMARTS) is 1. The van der Waals surface area contributed by atoms with Crippen LogP contribution in [0.2, 0.25) is 0 Å². The third-order valence-electron chi connectivity index (χ3n) is 3.10. The van der Waals surface area contributed by atoms with Gasteiger partial charge >= 0.3 is 11.9 Å². The third-order valence-corrected chi connectivity index (χ3v) is 3.10. The van der Waals surface area contributed by atoms with Gasteiger partial charge in [0.15, 0.2) is 6.10 Å². The van der Waals surface area contributed by atoms with Gasteiger partial charge in [-0.05, 0) is 19.3 Å². The minimum atomic E-state index is -0.963. The van der Waals surface area contributed by atoms with Crippen molar-refractivity contribution in [2.45, 2.75) is 51.6 Å². The highest BCUT2D eigenvalue weighted by atomic mass is 16.5. The molecule has 0 aromatic rings. The van der Waals surface area contributed by atoms with E-state index in [2.05, 4.69) is 13.0 Å². The Morgan fingerprint density at radius 2 is 1.83 bits per heavy atom. The van der Waals surface area contributed by atoms with Crippen LogP contribution in [0.3, 0.4) is 0 Å². The van der Waals surface area contributed by atoms with Gasteiger partial charge in [0.05, 0.1) is 27.6 Å². The number of ether oxygens (including phenoxy) is 1. The first-order valence-electron chi connectivity index (χ1n) is 8.29. The number of carboxylic acids is 1. The lowest BCUT2D eigenvalue weighted by Gasteiger charge is -2.28. The summed E-state index contributed by atoms with van der Waals surface area (Å²) in [6.45, 7) is 2.64. The van der Waals surface area contributed by atoms with E-state index in [1.165, 1.54) is 25.3 Å². The van der Waals surface area contributed by atoms with E-state index in [1.807, 2.05) is 27.2 Å². The Kier molecular flexibility index (Phi) is 11.0. The second-order valence-corrected chi connectivity index (χ2v) is 6.73. The fraction of sp³-hybridized carbons (Fsp3) is 0.667. The van der Waals surface area contributed by atoms with Gasteiger partial charge in [0.1, 0.15) is 6.54 Å². The lowest BCUT2D eigenvalue weighted by atomic mass is 10.2. The molecule has 0 aromatic carbocycles. The summed E-state index contributed by atoms with van der Waals surface area (Å²) in [6, 6.07) is 0. The van der Waals surface area contributed by atoms with Crippen LogP contribution < -0.4 is 0 Å². The van der Waals surface area contributed by atoms with Gasteiger partial charge in [0, 0.05) is 6.08 Å². The van der Waals surface area contributed by atoms with Crippen LogP contribution in [0.25, 0.3) is 0 Å². The zero-order valence-corrected chi connectivity index (χ0v) is 15.0. The van der Waals surface area contributed by atoms with E-state index < -0.39 is 18.0 Å². The number of hydrogen-bond donors (Lipinski definition) is 1. The highest BCUT2D eigenvalue weighted by molar-refractivity contribution is 5.82. The molecule has 0 amide bonds. The summed E-state index contributed by atoms with van der Waals surface area (Å²) in [4.78, 5) is 22.6. The number of nitrogens with zero attached hydrogens (tertiary/aromatic N) is 1.